The molecule has 13 nitrogen and oxygen atoms in total. The maximum atomic E-state index is 16.4. The molecule has 2 aromatic heterocycles. The summed E-state index contributed by atoms with van der Waals surface area (Å²) in [5.74, 6) is -1.85. The van der Waals surface area contributed by atoms with Gasteiger partial charge in [-0.15, -0.1) is 0 Å². The highest BCUT2D eigenvalue weighted by molar-refractivity contribution is 7.90. The average Bonchev–Trinajstić information content (AvgIpc) is 4.01. The van der Waals surface area contributed by atoms with Gasteiger partial charge in [-0.25, -0.2) is 22.2 Å². The molecule has 0 radical (unpaired) electrons. The van der Waals surface area contributed by atoms with Crippen LogP contribution >= 0.6 is 0 Å². The first-order valence-electron chi connectivity index (χ1n) is 21.8. The van der Waals surface area contributed by atoms with E-state index in [9.17, 15) is 26.8 Å². The lowest BCUT2D eigenvalue weighted by Crippen LogP contribution is -2.49. The molecule has 6 heterocycles. The van der Waals surface area contributed by atoms with Crippen LogP contribution in [0.2, 0.25) is 0 Å². The van der Waals surface area contributed by atoms with E-state index < -0.39 is 39.5 Å². The summed E-state index contributed by atoms with van der Waals surface area (Å²) in [5.41, 5.74) is 1.94. The van der Waals surface area contributed by atoms with Crippen LogP contribution in [0, 0.1) is 17.6 Å². The van der Waals surface area contributed by atoms with Gasteiger partial charge >= 0.3 is 10.2 Å². The molecule has 4 aliphatic heterocycles. The second kappa shape index (κ2) is 18.3. The Morgan fingerprint density at radius 1 is 0.781 bits per heavy atom. The molecule has 2 N–H and O–H groups in total. The second-order valence-corrected chi connectivity index (χ2v) is 18.6. The van der Waals surface area contributed by atoms with E-state index in [-0.39, 0.29) is 53.3 Å². The zero-order valence-electron chi connectivity index (χ0n) is 35.1. The largest absolute Gasteiger partial charge is 0.372 e. The van der Waals surface area contributed by atoms with Crippen LogP contribution in [0.15, 0.2) is 85.3 Å². The first-order chi connectivity index (χ1) is 30.9. The van der Waals surface area contributed by atoms with Gasteiger partial charge in [0.2, 0.25) is 11.8 Å². The smallest absolute Gasteiger partial charge is 0.301 e. The molecule has 18 heteroatoms. The number of benzene rings is 3. The van der Waals surface area contributed by atoms with Gasteiger partial charge in [0.15, 0.2) is 11.6 Å². The average molecular weight is 900 g/mol. The number of anilines is 3. The second-order valence-electron chi connectivity index (χ2n) is 17.0. The van der Waals surface area contributed by atoms with Crippen LogP contribution in [0.5, 0.6) is 0 Å². The van der Waals surface area contributed by atoms with Crippen molar-refractivity contribution in [1.29, 1.82) is 0 Å². The highest BCUT2D eigenvalue weighted by atomic mass is 32.2. The van der Waals surface area contributed by atoms with Gasteiger partial charge in [-0.05, 0) is 98.2 Å². The molecule has 5 aromatic rings. The van der Waals surface area contributed by atoms with Crippen molar-refractivity contribution in [2.24, 2.45) is 5.92 Å². The Hall–Kier alpha value is -5.85. The van der Waals surface area contributed by atoms with Gasteiger partial charge in [-0.3, -0.25) is 29.5 Å². The maximum absolute atomic E-state index is 16.4. The number of nitrogens with zero attached hydrogens (tertiary/aromatic N) is 7. The van der Waals surface area contributed by atoms with E-state index in [4.69, 9.17) is 0 Å². The molecule has 64 heavy (non-hydrogen) atoms. The van der Waals surface area contributed by atoms with Crippen LogP contribution in [0.4, 0.5) is 34.6 Å². The van der Waals surface area contributed by atoms with Gasteiger partial charge in [-0.2, -0.15) is 17.8 Å². The van der Waals surface area contributed by atoms with Crippen LogP contribution in [0.3, 0.4) is 0 Å². The van der Waals surface area contributed by atoms with Crippen molar-refractivity contribution in [2.45, 2.75) is 50.9 Å². The molecule has 0 unspecified atom stereocenters. The third kappa shape index (κ3) is 9.21. The summed E-state index contributed by atoms with van der Waals surface area (Å²) < 4.78 is 92.0. The number of halogens is 4. The lowest BCUT2D eigenvalue weighted by Gasteiger charge is -2.40. The van der Waals surface area contributed by atoms with Crippen molar-refractivity contribution in [3.8, 4) is 28.1 Å². The van der Waals surface area contributed by atoms with Gasteiger partial charge in [0.25, 0.3) is 6.43 Å². The Kier molecular flexibility index (Phi) is 12.4. The van der Waals surface area contributed by atoms with Crippen LogP contribution in [0.1, 0.15) is 62.0 Å². The zero-order chi connectivity index (χ0) is 44.5. The van der Waals surface area contributed by atoms with E-state index in [0.29, 0.717) is 55.9 Å². The van der Waals surface area contributed by atoms with E-state index in [2.05, 4.69) is 47.0 Å². The van der Waals surface area contributed by atoms with Gasteiger partial charge in [0.1, 0.15) is 11.4 Å². The molecule has 0 bridgehead atoms. The fraction of sp³-hybridized carbons (Fsp3) is 0.391. The predicted octanol–water partition coefficient (Wildman–Crippen LogP) is 7.13. The first-order valence-corrected chi connectivity index (χ1v) is 23.2. The maximum Gasteiger partial charge on any atom is 0.301 e. The van der Waals surface area contributed by atoms with Crippen molar-refractivity contribution < 1.29 is 35.6 Å². The Morgan fingerprint density at radius 2 is 1.47 bits per heavy atom. The lowest BCUT2D eigenvalue weighted by molar-refractivity contribution is -0.134. The number of hydrogen-bond donors (Lipinski definition) is 2. The molecular weight excluding hydrogens is 851 g/mol. The van der Waals surface area contributed by atoms with Crippen molar-refractivity contribution in [3.63, 3.8) is 0 Å². The number of nitrogens with one attached hydrogen (secondary N) is 2. The molecule has 4 aliphatic rings. The van der Waals surface area contributed by atoms with Gasteiger partial charge in [0, 0.05) is 118 Å². The number of carbonyl (C=O) groups is 2. The first kappa shape index (κ1) is 43.4. The zero-order valence-corrected chi connectivity index (χ0v) is 35.9. The molecule has 0 saturated carbocycles. The molecule has 1 atom stereocenters. The topological polar surface area (TPSA) is 136 Å². The number of rotatable bonds is 12. The minimum atomic E-state index is -4.23. The van der Waals surface area contributed by atoms with Crippen molar-refractivity contribution in [3.05, 3.63) is 108 Å². The van der Waals surface area contributed by atoms with Crippen LogP contribution in [-0.2, 0) is 19.8 Å². The van der Waals surface area contributed by atoms with Crippen LogP contribution in [-0.4, -0.2) is 103 Å². The highest BCUT2D eigenvalue weighted by Gasteiger charge is 2.31. The minimum absolute atomic E-state index is 0.0544. The monoisotopic (exact) mass is 899 g/mol. The number of aromatic nitrogens is 3. The SMILES string of the molecule is O=C1CC[C@H](c2ccc(N3CCC(CN4CCN(c5ccc(-n6cc(-c7cc(C(F)F)cc(NS(=O)(=O)N8CCCC8)c7F)c(-c7ccncc7)n6)c(F)c5)CC4)CC3)cc2)C(=O)N1. The number of pyridine rings is 1. The summed E-state index contributed by atoms with van der Waals surface area (Å²) in [6.07, 6.45) is 5.57. The van der Waals surface area contributed by atoms with Crippen LogP contribution in [0.25, 0.3) is 28.1 Å². The number of carbonyl (C=O) groups excluding carboxylic acids is 2. The number of hydrogen-bond acceptors (Lipinski definition) is 9. The van der Waals surface area contributed by atoms with Gasteiger partial charge < -0.3 is 9.80 Å². The summed E-state index contributed by atoms with van der Waals surface area (Å²) in [6, 6.07) is 17.9. The number of imide groups is 1. The van der Waals surface area contributed by atoms with E-state index in [0.717, 1.165) is 73.3 Å². The fourth-order valence-corrected chi connectivity index (χ4v) is 10.6. The summed E-state index contributed by atoms with van der Waals surface area (Å²) in [4.78, 5) is 34.9. The third-order valence-corrected chi connectivity index (χ3v) is 14.4. The molecule has 3 aromatic carbocycles. The normalized spacial score (nSPS) is 19.4. The van der Waals surface area contributed by atoms with Crippen LogP contribution < -0.4 is 19.8 Å². The Labute approximate surface area is 369 Å². The molecule has 0 spiro atoms. The molecule has 2 amide bonds. The minimum Gasteiger partial charge on any atom is -0.372 e. The Balaban J connectivity index is 0.858. The number of piperazine rings is 1. The highest BCUT2D eigenvalue weighted by Crippen LogP contribution is 2.40. The summed E-state index contributed by atoms with van der Waals surface area (Å²) in [6.45, 7) is 6.38. The fourth-order valence-electron chi connectivity index (χ4n) is 9.33. The van der Waals surface area contributed by atoms with E-state index in [1.165, 1.54) is 29.3 Å². The molecule has 9 rings (SSSR count). The van der Waals surface area contributed by atoms with E-state index in [1.54, 1.807) is 24.3 Å². The van der Waals surface area contributed by atoms with Gasteiger partial charge in [0.05, 0.1) is 11.6 Å². The van der Waals surface area contributed by atoms with Crippen molar-refractivity contribution in [2.75, 3.05) is 73.4 Å². The lowest BCUT2D eigenvalue weighted by atomic mass is 9.90. The summed E-state index contributed by atoms with van der Waals surface area (Å²) >= 11 is 0. The Bertz CT molecular complexity index is 2610. The number of alkyl halides is 2. The number of piperidine rings is 2. The molecule has 336 valence electrons. The third-order valence-electron chi connectivity index (χ3n) is 12.9. The van der Waals surface area contributed by atoms with E-state index >= 15 is 8.78 Å². The summed E-state index contributed by atoms with van der Waals surface area (Å²) in [5, 5.41) is 7.07. The molecular formula is C46H49F4N9O4S. The van der Waals surface area contributed by atoms with E-state index in [1.807, 2.05) is 12.1 Å². The van der Waals surface area contributed by atoms with Gasteiger partial charge in [-0.1, -0.05) is 12.1 Å². The molecule has 4 saturated heterocycles. The predicted molar refractivity (Wildman–Crippen MR) is 236 cm³/mol. The van der Waals surface area contributed by atoms with Crippen molar-refractivity contribution in [1.82, 2.24) is 29.3 Å². The Morgan fingerprint density at radius 3 is 2.14 bits per heavy atom. The standard InChI is InChI=1S/C46H49F4N9O4S/c47-39-27-35(57-23-21-55(22-24-57)28-30-13-19-56(20-14-30)34-5-3-31(4-6-34)36-8-10-42(60)52-46(36)61)7-9-41(39)59-29-38(44(53-59)32-11-15-51-16-12-32)37-25-33(45(49)50)26-40(43(37)48)54-64(62,63)58-17-1-2-18-58/h3-7,9,11-12,15-16,25-27,29-30,36,45,54H,1-2,8,10,13-14,17-24,28H2,(H,52,60,61)/t36-/m1/s1. The molecule has 4 fully saturated rings. The summed E-state index contributed by atoms with van der Waals surface area (Å²) in [7, 11) is -4.23. The quantitative estimate of drug-likeness (QED) is 0.0991. The molecule has 0 aliphatic carbocycles. The number of amides is 2. The van der Waals surface area contributed by atoms with Crippen molar-refractivity contribution >= 4 is 39.1 Å².